The minimum atomic E-state index is 0.641. The molecule has 0 aliphatic carbocycles. The Morgan fingerprint density at radius 1 is 0.286 bits per heavy atom. The SMILES string of the molecule is Clc1cccc(-c2cc(-c3cccc(-c4nc(-c5ccccc5)c(-c5ccccc5)nc4-c4ccccc4)c3)nc(-c3ccccc3)n2)c1. The molecule has 0 amide bonds. The Balaban J connectivity index is 1.34. The third-order valence-corrected chi connectivity index (χ3v) is 8.58. The molecule has 0 aliphatic rings. The van der Waals surface area contributed by atoms with Crippen LogP contribution in [0.5, 0.6) is 0 Å². The van der Waals surface area contributed by atoms with Gasteiger partial charge < -0.3 is 0 Å². The maximum Gasteiger partial charge on any atom is 0.160 e. The fourth-order valence-electron chi connectivity index (χ4n) is 5.96. The first-order valence-corrected chi connectivity index (χ1v) is 16.5. The number of hydrogen-bond acceptors (Lipinski definition) is 4. The van der Waals surface area contributed by atoms with Crippen molar-refractivity contribution >= 4 is 11.6 Å². The molecule has 5 heteroatoms. The number of rotatable bonds is 7. The van der Waals surface area contributed by atoms with Crippen LogP contribution in [0, 0.1) is 0 Å². The molecular formula is C44H29ClN4. The molecule has 0 N–H and O–H groups in total. The number of halogens is 1. The van der Waals surface area contributed by atoms with Crippen LogP contribution in [-0.2, 0) is 0 Å². The van der Waals surface area contributed by atoms with E-state index in [1.165, 1.54) is 0 Å². The third kappa shape index (κ3) is 6.38. The summed E-state index contributed by atoms with van der Waals surface area (Å²) in [7, 11) is 0. The fraction of sp³-hybridized carbons (Fsp3) is 0. The molecule has 0 fully saturated rings. The van der Waals surface area contributed by atoms with Crippen LogP contribution in [0.25, 0.3) is 78.9 Å². The lowest BCUT2D eigenvalue weighted by atomic mass is 9.98. The van der Waals surface area contributed by atoms with Gasteiger partial charge in [-0.15, -0.1) is 0 Å². The van der Waals surface area contributed by atoms with Crippen LogP contribution < -0.4 is 0 Å². The first kappa shape index (κ1) is 30.1. The molecule has 0 saturated carbocycles. The van der Waals surface area contributed by atoms with Crippen molar-refractivity contribution in [3.63, 3.8) is 0 Å². The number of nitrogens with zero attached hydrogens (tertiary/aromatic N) is 4. The molecular weight excluding hydrogens is 620 g/mol. The minimum Gasteiger partial charge on any atom is -0.243 e. The highest BCUT2D eigenvalue weighted by molar-refractivity contribution is 6.30. The Labute approximate surface area is 290 Å². The van der Waals surface area contributed by atoms with Gasteiger partial charge in [-0.05, 0) is 24.3 Å². The van der Waals surface area contributed by atoms with Crippen molar-refractivity contribution in [3.8, 4) is 78.9 Å². The summed E-state index contributed by atoms with van der Waals surface area (Å²) >= 11 is 6.41. The predicted octanol–water partition coefficient (Wildman–Crippen LogP) is 11.6. The molecule has 232 valence electrons. The lowest BCUT2D eigenvalue weighted by molar-refractivity contribution is 1.18. The Morgan fingerprint density at radius 3 is 1.12 bits per heavy atom. The van der Waals surface area contributed by atoms with Crippen molar-refractivity contribution in [3.05, 3.63) is 181 Å². The molecule has 0 radical (unpaired) electrons. The van der Waals surface area contributed by atoms with E-state index in [4.69, 9.17) is 31.5 Å². The molecule has 8 rings (SSSR count). The van der Waals surface area contributed by atoms with Crippen molar-refractivity contribution in [2.45, 2.75) is 0 Å². The summed E-state index contributed by atoms with van der Waals surface area (Å²) in [5.74, 6) is 0.641. The van der Waals surface area contributed by atoms with Crippen LogP contribution in [0.3, 0.4) is 0 Å². The van der Waals surface area contributed by atoms with Crippen LogP contribution in [0.1, 0.15) is 0 Å². The van der Waals surface area contributed by atoms with Gasteiger partial charge in [0.1, 0.15) is 0 Å². The summed E-state index contributed by atoms with van der Waals surface area (Å²) in [6.07, 6.45) is 0. The Bertz CT molecular complexity index is 2380. The normalized spacial score (nSPS) is 11.0. The maximum atomic E-state index is 6.41. The average molecular weight is 649 g/mol. The molecule has 0 atom stereocenters. The highest BCUT2D eigenvalue weighted by atomic mass is 35.5. The standard InChI is InChI=1S/C44H29ClN4/c45-37-26-14-24-35(28-37)39-29-38(46-44(47-39)33-21-11-4-12-22-33)34-23-13-25-36(27-34)43-42(32-19-9-3-10-20-32)48-40(30-15-5-1-6-16-30)41(49-43)31-17-7-2-8-18-31/h1-29H. The van der Waals surface area contributed by atoms with Crippen molar-refractivity contribution in [2.75, 3.05) is 0 Å². The minimum absolute atomic E-state index is 0.641. The maximum absolute atomic E-state index is 6.41. The van der Waals surface area contributed by atoms with Crippen molar-refractivity contribution < 1.29 is 0 Å². The zero-order chi connectivity index (χ0) is 33.0. The van der Waals surface area contributed by atoms with Crippen molar-refractivity contribution in [2.24, 2.45) is 0 Å². The van der Waals surface area contributed by atoms with Gasteiger partial charge in [-0.3, -0.25) is 0 Å². The average Bonchev–Trinajstić information content (AvgIpc) is 3.18. The second-order valence-corrected chi connectivity index (χ2v) is 12.1. The lowest BCUT2D eigenvalue weighted by Gasteiger charge is -2.16. The number of benzene rings is 6. The monoisotopic (exact) mass is 648 g/mol. The lowest BCUT2D eigenvalue weighted by Crippen LogP contribution is -2.01. The summed E-state index contributed by atoms with van der Waals surface area (Å²) in [5.41, 5.74) is 11.6. The fourth-order valence-corrected chi connectivity index (χ4v) is 6.15. The molecule has 4 nitrogen and oxygen atoms in total. The van der Waals surface area contributed by atoms with E-state index in [-0.39, 0.29) is 0 Å². The molecule has 2 aromatic heterocycles. The van der Waals surface area contributed by atoms with E-state index in [9.17, 15) is 0 Å². The Kier molecular flexibility index (Phi) is 8.29. The zero-order valence-corrected chi connectivity index (χ0v) is 27.2. The van der Waals surface area contributed by atoms with Gasteiger partial charge in [0.2, 0.25) is 0 Å². The molecule has 2 heterocycles. The van der Waals surface area contributed by atoms with E-state index in [0.717, 1.165) is 73.1 Å². The summed E-state index contributed by atoms with van der Waals surface area (Å²) in [4.78, 5) is 20.9. The molecule has 0 aliphatic heterocycles. The van der Waals surface area contributed by atoms with E-state index in [0.29, 0.717) is 10.8 Å². The van der Waals surface area contributed by atoms with Crippen LogP contribution in [0.4, 0.5) is 0 Å². The predicted molar refractivity (Wildman–Crippen MR) is 201 cm³/mol. The molecule has 0 bridgehead atoms. The van der Waals surface area contributed by atoms with Gasteiger partial charge in [-0.1, -0.05) is 163 Å². The summed E-state index contributed by atoms with van der Waals surface area (Å²) < 4.78 is 0. The van der Waals surface area contributed by atoms with E-state index in [2.05, 4.69) is 60.7 Å². The summed E-state index contributed by atoms with van der Waals surface area (Å²) in [5, 5.41) is 0.654. The van der Waals surface area contributed by atoms with Gasteiger partial charge in [-0.25, -0.2) is 19.9 Å². The highest BCUT2D eigenvalue weighted by Crippen LogP contribution is 2.38. The molecule has 49 heavy (non-hydrogen) atoms. The Hall–Kier alpha value is -6.23. The van der Waals surface area contributed by atoms with E-state index >= 15 is 0 Å². The van der Waals surface area contributed by atoms with Gasteiger partial charge in [0.15, 0.2) is 5.82 Å². The molecule has 0 spiro atoms. The topological polar surface area (TPSA) is 51.6 Å². The van der Waals surface area contributed by atoms with Gasteiger partial charge in [0, 0.05) is 44.0 Å². The van der Waals surface area contributed by atoms with Gasteiger partial charge >= 0.3 is 0 Å². The molecule has 8 aromatic rings. The van der Waals surface area contributed by atoms with Crippen LogP contribution >= 0.6 is 11.6 Å². The molecule has 0 unspecified atom stereocenters. The molecule has 0 saturated heterocycles. The van der Waals surface area contributed by atoms with Gasteiger partial charge in [0.25, 0.3) is 0 Å². The summed E-state index contributed by atoms with van der Waals surface area (Å²) in [6.45, 7) is 0. The third-order valence-electron chi connectivity index (χ3n) is 8.35. The second kappa shape index (κ2) is 13.5. The first-order valence-electron chi connectivity index (χ1n) is 16.1. The number of hydrogen-bond donors (Lipinski definition) is 0. The van der Waals surface area contributed by atoms with E-state index in [1.807, 2.05) is 115 Å². The van der Waals surface area contributed by atoms with E-state index < -0.39 is 0 Å². The largest absolute Gasteiger partial charge is 0.243 e. The quantitative estimate of drug-likeness (QED) is 0.172. The zero-order valence-electron chi connectivity index (χ0n) is 26.4. The van der Waals surface area contributed by atoms with Crippen molar-refractivity contribution in [1.82, 2.24) is 19.9 Å². The van der Waals surface area contributed by atoms with Crippen molar-refractivity contribution in [1.29, 1.82) is 0 Å². The molecule has 6 aromatic carbocycles. The van der Waals surface area contributed by atoms with Gasteiger partial charge in [0.05, 0.1) is 34.2 Å². The smallest absolute Gasteiger partial charge is 0.160 e. The van der Waals surface area contributed by atoms with Crippen LogP contribution in [0.2, 0.25) is 5.02 Å². The first-order chi connectivity index (χ1) is 24.2. The van der Waals surface area contributed by atoms with Gasteiger partial charge in [-0.2, -0.15) is 0 Å². The number of aromatic nitrogens is 4. The second-order valence-electron chi connectivity index (χ2n) is 11.6. The van der Waals surface area contributed by atoms with Crippen LogP contribution in [0.15, 0.2) is 176 Å². The van der Waals surface area contributed by atoms with E-state index in [1.54, 1.807) is 0 Å². The highest BCUT2D eigenvalue weighted by Gasteiger charge is 2.20. The summed E-state index contributed by atoms with van der Waals surface area (Å²) in [6, 6.07) is 59.0. The van der Waals surface area contributed by atoms with Crippen LogP contribution in [-0.4, -0.2) is 19.9 Å². The Morgan fingerprint density at radius 2 is 0.653 bits per heavy atom.